The second-order valence-corrected chi connectivity index (χ2v) is 5.82. The highest BCUT2D eigenvalue weighted by Crippen LogP contribution is 2.22. The lowest BCUT2D eigenvalue weighted by Crippen LogP contribution is -2.49. The summed E-state index contributed by atoms with van der Waals surface area (Å²) in [6, 6.07) is 0. The molecule has 8 nitrogen and oxygen atoms in total. The minimum Gasteiger partial charge on any atom is -0.355 e. The summed E-state index contributed by atoms with van der Waals surface area (Å²) in [6.07, 6.45) is 4.37. The number of carbonyl (C=O) groups excluding carboxylic acids is 1. The molecule has 0 saturated carbocycles. The zero-order valence-corrected chi connectivity index (χ0v) is 13.7. The van der Waals surface area contributed by atoms with E-state index in [4.69, 9.17) is 0 Å². The standard InChI is InChI=1S/C15H23N7O/c1-3-4-16-13(23)10-21-5-7-22(8-6-21)15-12-9-19-20(2)14(12)17-11-18-15/h9,11H,3-8,10H2,1-2H3,(H,16,23). The van der Waals surface area contributed by atoms with E-state index in [0.717, 1.165) is 56.0 Å². The van der Waals surface area contributed by atoms with Crippen LogP contribution in [0.15, 0.2) is 12.5 Å². The number of fused-ring (bicyclic) bond motifs is 1. The van der Waals surface area contributed by atoms with Crippen LogP contribution in [0.2, 0.25) is 0 Å². The van der Waals surface area contributed by atoms with E-state index >= 15 is 0 Å². The summed E-state index contributed by atoms with van der Waals surface area (Å²) in [4.78, 5) is 24.9. The van der Waals surface area contributed by atoms with Crippen LogP contribution in [0, 0.1) is 0 Å². The van der Waals surface area contributed by atoms with Crippen molar-refractivity contribution >= 4 is 22.8 Å². The molecule has 0 radical (unpaired) electrons. The summed E-state index contributed by atoms with van der Waals surface area (Å²) in [5, 5.41) is 8.16. The maximum atomic E-state index is 11.8. The van der Waals surface area contributed by atoms with Gasteiger partial charge in [-0.1, -0.05) is 6.92 Å². The Hall–Kier alpha value is -2.22. The van der Waals surface area contributed by atoms with Crippen molar-refractivity contribution in [3.63, 3.8) is 0 Å². The summed E-state index contributed by atoms with van der Waals surface area (Å²) in [5.74, 6) is 1.04. The van der Waals surface area contributed by atoms with Gasteiger partial charge >= 0.3 is 0 Å². The van der Waals surface area contributed by atoms with Crippen LogP contribution in [0.4, 0.5) is 5.82 Å². The molecule has 1 saturated heterocycles. The SMILES string of the molecule is CCCNC(=O)CN1CCN(c2ncnc3c2cnn3C)CC1. The Kier molecular flexibility index (Phi) is 4.71. The van der Waals surface area contributed by atoms with Crippen LogP contribution in [-0.4, -0.2) is 69.8 Å². The molecule has 3 heterocycles. The van der Waals surface area contributed by atoms with Crippen molar-refractivity contribution in [1.29, 1.82) is 0 Å². The number of carbonyl (C=O) groups is 1. The molecule has 1 amide bonds. The van der Waals surface area contributed by atoms with Gasteiger partial charge in [-0.05, 0) is 6.42 Å². The Morgan fingerprint density at radius 3 is 2.78 bits per heavy atom. The molecule has 2 aromatic rings. The normalized spacial score (nSPS) is 16.0. The van der Waals surface area contributed by atoms with Gasteiger partial charge in [-0.25, -0.2) is 9.97 Å². The van der Waals surface area contributed by atoms with E-state index in [0.29, 0.717) is 6.54 Å². The molecule has 0 unspecified atom stereocenters. The van der Waals surface area contributed by atoms with Gasteiger partial charge in [-0.15, -0.1) is 0 Å². The molecular weight excluding hydrogens is 294 g/mol. The maximum absolute atomic E-state index is 11.8. The summed E-state index contributed by atoms with van der Waals surface area (Å²) < 4.78 is 1.76. The largest absolute Gasteiger partial charge is 0.355 e. The van der Waals surface area contributed by atoms with Crippen molar-refractivity contribution in [2.75, 3.05) is 44.2 Å². The summed E-state index contributed by atoms with van der Waals surface area (Å²) in [6.45, 7) is 6.68. The number of rotatable bonds is 5. The fraction of sp³-hybridized carbons (Fsp3) is 0.600. The zero-order valence-electron chi connectivity index (χ0n) is 13.7. The Labute approximate surface area is 135 Å². The monoisotopic (exact) mass is 317 g/mol. The fourth-order valence-corrected chi connectivity index (χ4v) is 2.84. The van der Waals surface area contributed by atoms with Crippen LogP contribution in [0.5, 0.6) is 0 Å². The van der Waals surface area contributed by atoms with Crippen LogP contribution in [0.25, 0.3) is 11.0 Å². The molecule has 1 aliphatic rings. The molecule has 0 aromatic carbocycles. The molecule has 23 heavy (non-hydrogen) atoms. The van der Waals surface area contributed by atoms with E-state index in [1.165, 1.54) is 0 Å². The molecule has 0 atom stereocenters. The first-order chi connectivity index (χ1) is 11.2. The van der Waals surface area contributed by atoms with E-state index in [9.17, 15) is 4.79 Å². The Balaban J connectivity index is 1.61. The van der Waals surface area contributed by atoms with Crippen LogP contribution in [-0.2, 0) is 11.8 Å². The van der Waals surface area contributed by atoms with Gasteiger partial charge in [0, 0.05) is 39.8 Å². The molecular formula is C15H23N7O. The third-order valence-corrected chi connectivity index (χ3v) is 4.12. The lowest BCUT2D eigenvalue weighted by molar-refractivity contribution is -0.122. The topological polar surface area (TPSA) is 79.2 Å². The number of nitrogens with zero attached hydrogens (tertiary/aromatic N) is 6. The zero-order chi connectivity index (χ0) is 16.2. The van der Waals surface area contributed by atoms with Crippen molar-refractivity contribution in [2.24, 2.45) is 7.05 Å². The summed E-state index contributed by atoms with van der Waals surface area (Å²) in [5.41, 5.74) is 0.844. The molecule has 1 fully saturated rings. The van der Waals surface area contributed by atoms with E-state index in [2.05, 4.69) is 37.1 Å². The predicted octanol–water partition coefficient (Wildman–Crippen LogP) is 0.0115. The first-order valence-electron chi connectivity index (χ1n) is 8.05. The number of nitrogens with one attached hydrogen (secondary N) is 1. The number of piperazine rings is 1. The highest BCUT2D eigenvalue weighted by atomic mass is 16.2. The Morgan fingerprint density at radius 1 is 1.26 bits per heavy atom. The lowest BCUT2D eigenvalue weighted by Gasteiger charge is -2.35. The average Bonchev–Trinajstić information content (AvgIpc) is 2.95. The highest BCUT2D eigenvalue weighted by Gasteiger charge is 2.22. The van der Waals surface area contributed by atoms with Gasteiger partial charge < -0.3 is 10.2 Å². The van der Waals surface area contributed by atoms with E-state index in [1.807, 2.05) is 13.2 Å². The van der Waals surface area contributed by atoms with E-state index < -0.39 is 0 Å². The van der Waals surface area contributed by atoms with Crippen molar-refractivity contribution in [3.8, 4) is 0 Å². The van der Waals surface area contributed by atoms with Crippen LogP contribution in [0.3, 0.4) is 0 Å². The number of hydrogen-bond donors (Lipinski definition) is 1. The Morgan fingerprint density at radius 2 is 2.04 bits per heavy atom. The number of amides is 1. The number of hydrogen-bond acceptors (Lipinski definition) is 6. The minimum atomic E-state index is 0.108. The second kappa shape index (κ2) is 6.91. The van der Waals surface area contributed by atoms with Gasteiger partial charge in [-0.3, -0.25) is 14.4 Å². The van der Waals surface area contributed by atoms with E-state index in [1.54, 1.807) is 11.0 Å². The summed E-state index contributed by atoms with van der Waals surface area (Å²) >= 11 is 0. The molecule has 0 bridgehead atoms. The lowest BCUT2D eigenvalue weighted by atomic mass is 10.2. The first-order valence-corrected chi connectivity index (χ1v) is 8.05. The maximum Gasteiger partial charge on any atom is 0.234 e. The van der Waals surface area contributed by atoms with Gasteiger partial charge in [0.05, 0.1) is 18.1 Å². The number of aryl methyl sites for hydroxylation is 1. The van der Waals surface area contributed by atoms with Gasteiger partial charge in [0.1, 0.15) is 12.1 Å². The molecule has 1 N–H and O–H groups in total. The number of anilines is 1. The summed E-state index contributed by atoms with van der Waals surface area (Å²) in [7, 11) is 1.88. The third kappa shape index (κ3) is 3.42. The fourth-order valence-electron chi connectivity index (χ4n) is 2.84. The van der Waals surface area contributed by atoms with Crippen molar-refractivity contribution in [2.45, 2.75) is 13.3 Å². The molecule has 2 aromatic heterocycles. The molecule has 3 rings (SSSR count). The molecule has 0 aliphatic carbocycles. The third-order valence-electron chi connectivity index (χ3n) is 4.12. The Bertz CT molecular complexity index is 676. The van der Waals surface area contributed by atoms with Crippen LogP contribution >= 0.6 is 0 Å². The van der Waals surface area contributed by atoms with Crippen LogP contribution in [0.1, 0.15) is 13.3 Å². The highest BCUT2D eigenvalue weighted by molar-refractivity contribution is 5.86. The van der Waals surface area contributed by atoms with Gasteiger partial charge in [0.25, 0.3) is 0 Å². The van der Waals surface area contributed by atoms with E-state index in [-0.39, 0.29) is 5.91 Å². The molecule has 124 valence electrons. The first kappa shape index (κ1) is 15.7. The van der Waals surface area contributed by atoms with Crippen molar-refractivity contribution < 1.29 is 4.79 Å². The second-order valence-electron chi connectivity index (χ2n) is 5.82. The molecule has 1 aliphatic heterocycles. The van der Waals surface area contributed by atoms with Crippen molar-refractivity contribution in [1.82, 2.24) is 30.0 Å². The van der Waals surface area contributed by atoms with Crippen LogP contribution < -0.4 is 10.2 Å². The quantitative estimate of drug-likeness (QED) is 0.837. The number of aromatic nitrogens is 4. The van der Waals surface area contributed by atoms with Crippen molar-refractivity contribution in [3.05, 3.63) is 12.5 Å². The van der Waals surface area contributed by atoms with Gasteiger partial charge in [0.2, 0.25) is 5.91 Å². The van der Waals surface area contributed by atoms with Gasteiger partial charge in [0.15, 0.2) is 5.65 Å². The average molecular weight is 317 g/mol. The minimum absolute atomic E-state index is 0.108. The molecule has 8 heteroatoms. The predicted molar refractivity (Wildman–Crippen MR) is 88.3 cm³/mol. The smallest absolute Gasteiger partial charge is 0.234 e. The van der Waals surface area contributed by atoms with Gasteiger partial charge in [-0.2, -0.15) is 5.10 Å². The molecule has 0 spiro atoms.